The van der Waals surface area contributed by atoms with E-state index in [0.29, 0.717) is 55.3 Å². The Labute approximate surface area is 407 Å². The van der Waals surface area contributed by atoms with Crippen molar-refractivity contribution in [1.29, 1.82) is 0 Å². The van der Waals surface area contributed by atoms with E-state index in [2.05, 4.69) is 94.8 Å². The molecule has 66 heavy (non-hydrogen) atoms. The van der Waals surface area contributed by atoms with Gasteiger partial charge in [0.1, 0.15) is 16.7 Å². The molecule has 0 unspecified atom stereocenters. The number of imidazole rings is 1. The van der Waals surface area contributed by atoms with Crippen LogP contribution in [0, 0.1) is 25.8 Å². The minimum atomic E-state index is -2.58. The normalized spacial score (nSPS) is 13.6. The zero-order valence-corrected chi connectivity index (χ0v) is 40.1. The fourth-order valence-electron chi connectivity index (χ4n) is 8.63. The average molecular weight is 1050 g/mol. The van der Waals surface area contributed by atoms with E-state index in [9.17, 15) is 0 Å². The van der Waals surface area contributed by atoms with Crippen molar-refractivity contribution in [3.8, 4) is 39.6 Å². The van der Waals surface area contributed by atoms with Crippen molar-refractivity contribution in [2.75, 3.05) is 0 Å². The van der Waals surface area contributed by atoms with E-state index in [4.69, 9.17) is 27.0 Å². The summed E-state index contributed by atoms with van der Waals surface area (Å²) in [5.41, 5.74) is 10.1. The zero-order chi connectivity index (χ0) is 50.1. The maximum Gasteiger partial charge on any atom is 0.228 e. The molecular formula is C58H51IrN5O2-2. The molecule has 0 atom stereocenters. The number of rotatable bonds is 6. The first kappa shape index (κ1) is 37.5. The molecule has 0 saturated carbocycles. The smallest absolute Gasteiger partial charge is 0.228 e. The van der Waals surface area contributed by atoms with Crippen LogP contribution in [0.3, 0.4) is 0 Å². The molecule has 11 aromatic rings. The molecule has 0 spiro atoms. The Hall–Kier alpha value is -6.73. The Morgan fingerprint density at radius 3 is 2.15 bits per heavy atom. The molecule has 0 aliphatic heterocycles. The molecular weight excluding hydrogens is 991 g/mol. The summed E-state index contributed by atoms with van der Waals surface area (Å²) in [5, 5.41) is 1.56. The van der Waals surface area contributed by atoms with E-state index < -0.39 is 13.7 Å². The van der Waals surface area contributed by atoms with Crippen molar-refractivity contribution in [3.63, 3.8) is 0 Å². The van der Waals surface area contributed by atoms with Gasteiger partial charge in [0.05, 0.1) is 33.7 Å². The second-order valence-corrected chi connectivity index (χ2v) is 18.1. The molecule has 0 aliphatic carbocycles. The molecule has 6 aromatic carbocycles. The number of hydrogen-bond donors (Lipinski definition) is 0. The number of para-hydroxylation sites is 2. The quantitative estimate of drug-likeness (QED) is 0.154. The van der Waals surface area contributed by atoms with Crippen LogP contribution in [0.25, 0.3) is 94.8 Å². The summed E-state index contributed by atoms with van der Waals surface area (Å²) in [4.78, 5) is 18.9. The average Bonchev–Trinajstić information content (AvgIpc) is 4.04. The Morgan fingerprint density at radius 1 is 0.682 bits per heavy atom. The Balaban J connectivity index is 0.000000321. The second-order valence-electron chi connectivity index (χ2n) is 18.1. The SMILES string of the molecule is CC(C)(C)c1ccnc(-c2[c-]cccc2)n1.[2H]C([2H])([2H])c1c2oc3c(-c4nc5cccc(C([2H])([2H])[2H])c5n4-c4c(C(C)C)cc(-c5ccccc5)cc4C(C)C)[c-]ccc3c2nc2oc3ccccc3c12.[Ir]. The Bertz CT molecular complexity index is 3760. The van der Waals surface area contributed by atoms with E-state index in [1.165, 1.54) is 0 Å². The Morgan fingerprint density at radius 2 is 1.44 bits per heavy atom. The first-order valence-corrected chi connectivity index (χ1v) is 21.9. The van der Waals surface area contributed by atoms with Gasteiger partial charge in [0, 0.05) is 62.3 Å². The molecule has 5 heterocycles. The second kappa shape index (κ2) is 17.6. The maximum absolute atomic E-state index is 8.68. The van der Waals surface area contributed by atoms with Gasteiger partial charge in [-0.2, -0.15) is 0 Å². The van der Waals surface area contributed by atoms with Crippen molar-refractivity contribution < 1.29 is 37.2 Å². The summed E-state index contributed by atoms with van der Waals surface area (Å²) in [6.45, 7) is 9.94. The van der Waals surface area contributed by atoms with E-state index in [1.54, 1.807) is 30.3 Å². The van der Waals surface area contributed by atoms with Crippen LogP contribution in [0.2, 0.25) is 0 Å². The third-order valence-corrected chi connectivity index (χ3v) is 11.9. The minimum Gasteiger partial charge on any atom is -0.499 e. The Kier molecular flexibility index (Phi) is 9.98. The van der Waals surface area contributed by atoms with Crippen molar-refractivity contribution >= 4 is 55.2 Å². The standard InChI is InChI=1S/C44H36N3O2.C14H15N2.Ir/c1-24(2)33-22-29(28-15-8-7-9-16-28)23-34(25(3)4)40(33)47-39-26(5)14-12-20-35(39)45-43(47)32-19-13-18-31-38-41(49-42(31)32)27(6)37-30-17-10-11-21-36(30)48-44(37)46-38;1-14(2,3)12-9-10-15-13(16-12)11-7-5-4-6-8-11;/h7-18,20-25H,1-6H3;4-7,9-10H,1-3H3;/q2*-1;/i5D3,6D3;;. The van der Waals surface area contributed by atoms with Crippen LogP contribution in [0.4, 0.5) is 0 Å². The monoisotopic (exact) mass is 1050 g/mol. The number of aryl methyl sites for hydroxylation is 2. The third-order valence-electron chi connectivity index (χ3n) is 11.9. The van der Waals surface area contributed by atoms with Crippen LogP contribution in [0.5, 0.6) is 0 Å². The van der Waals surface area contributed by atoms with E-state index in [1.807, 2.05) is 83.6 Å². The van der Waals surface area contributed by atoms with Crippen molar-refractivity contribution in [2.24, 2.45) is 0 Å². The molecule has 1 radical (unpaired) electrons. The molecule has 5 aromatic heterocycles. The first-order chi connectivity index (χ1) is 33.8. The number of fused-ring (bicyclic) bond motifs is 7. The molecule has 0 bridgehead atoms. The fraction of sp³-hybridized carbons (Fsp3) is 0.207. The molecule has 0 fully saturated rings. The van der Waals surface area contributed by atoms with E-state index in [-0.39, 0.29) is 59.8 Å². The predicted molar refractivity (Wildman–Crippen MR) is 266 cm³/mol. The number of furan rings is 2. The van der Waals surface area contributed by atoms with Gasteiger partial charge in [-0.25, -0.2) is 4.98 Å². The molecule has 0 amide bonds. The van der Waals surface area contributed by atoms with Crippen LogP contribution >= 0.6 is 0 Å². The molecule has 331 valence electrons. The van der Waals surface area contributed by atoms with Crippen LogP contribution in [-0.4, -0.2) is 24.5 Å². The number of aromatic nitrogens is 5. The third kappa shape index (κ3) is 7.82. The van der Waals surface area contributed by atoms with Crippen LogP contribution in [-0.2, 0) is 25.5 Å². The van der Waals surface area contributed by atoms with Crippen LogP contribution in [0.1, 0.15) is 96.5 Å². The van der Waals surface area contributed by atoms with Gasteiger partial charge in [0.25, 0.3) is 0 Å². The van der Waals surface area contributed by atoms with E-state index >= 15 is 0 Å². The molecule has 11 rings (SSSR count). The van der Waals surface area contributed by atoms with Gasteiger partial charge in [-0.3, -0.25) is 15.0 Å². The van der Waals surface area contributed by atoms with Gasteiger partial charge in [-0.1, -0.05) is 115 Å². The largest absolute Gasteiger partial charge is 0.499 e. The first-order valence-electron chi connectivity index (χ1n) is 24.9. The van der Waals surface area contributed by atoms with Crippen molar-refractivity contribution in [2.45, 2.75) is 79.4 Å². The van der Waals surface area contributed by atoms with Gasteiger partial charge in [0.2, 0.25) is 5.71 Å². The fourth-order valence-corrected chi connectivity index (χ4v) is 8.63. The van der Waals surface area contributed by atoms with Gasteiger partial charge < -0.3 is 13.4 Å². The predicted octanol–water partition coefficient (Wildman–Crippen LogP) is 15.5. The summed E-state index contributed by atoms with van der Waals surface area (Å²) in [5.74, 6) is 1.22. The summed E-state index contributed by atoms with van der Waals surface area (Å²) < 4.78 is 66.7. The van der Waals surface area contributed by atoms with E-state index in [0.717, 1.165) is 45.0 Å². The van der Waals surface area contributed by atoms with Gasteiger partial charge in [-0.05, 0) is 89.1 Å². The summed E-state index contributed by atoms with van der Waals surface area (Å²) >= 11 is 0. The minimum absolute atomic E-state index is 0. The number of nitrogens with zero attached hydrogens (tertiary/aromatic N) is 5. The molecule has 8 heteroatoms. The maximum atomic E-state index is 8.68. The number of benzene rings is 6. The summed E-state index contributed by atoms with van der Waals surface area (Å²) in [6.07, 6.45) is 1.81. The van der Waals surface area contributed by atoms with Gasteiger partial charge in [-0.15, -0.1) is 54.1 Å². The molecule has 7 nitrogen and oxygen atoms in total. The number of pyridine rings is 1. The van der Waals surface area contributed by atoms with Gasteiger partial charge in [0.15, 0.2) is 0 Å². The molecule has 0 N–H and O–H groups in total. The van der Waals surface area contributed by atoms with Crippen LogP contribution < -0.4 is 0 Å². The van der Waals surface area contributed by atoms with Gasteiger partial charge >= 0.3 is 0 Å². The van der Waals surface area contributed by atoms with Crippen molar-refractivity contribution in [3.05, 3.63) is 174 Å². The van der Waals surface area contributed by atoms with Crippen molar-refractivity contribution in [1.82, 2.24) is 24.5 Å². The van der Waals surface area contributed by atoms with Crippen LogP contribution in [0.15, 0.2) is 142 Å². The summed E-state index contributed by atoms with van der Waals surface area (Å²) in [7, 11) is 0. The summed E-state index contributed by atoms with van der Waals surface area (Å²) in [6, 6.07) is 46.8. The topological polar surface area (TPSA) is 82.8 Å². The molecule has 0 saturated heterocycles. The zero-order valence-electron chi connectivity index (χ0n) is 43.7. The number of hydrogen-bond acceptors (Lipinski definition) is 6. The molecule has 0 aliphatic rings.